The molecule has 34 heavy (non-hydrogen) atoms. The predicted octanol–water partition coefficient (Wildman–Crippen LogP) is 4.85. The Balaban J connectivity index is 1.36. The first-order valence-electron chi connectivity index (χ1n) is 11.0. The van der Waals surface area contributed by atoms with E-state index in [1.165, 1.54) is 40.5 Å². The normalized spacial score (nSPS) is 18.8. The van der Waals surface area contributed by atoms with Crippen LogP contribution in [0.2, 0.25) is 0 Å². The van der Waals surface area contributed by atoms with Gasteiger partial charge >= 0.3 is 0 Å². The quantitative estimate of drug-likeness (QED) is 0.465. The average molecular weight is 501 g/mol. The number of hydrogen-bond donors (Lipinski definition) is 0. The SMILES string of the molecule is O=C(Cc1ccc(-c2ccc(F)cc2)cc1F)N(Cc1nc(C2CC2)cs1)C1C=CS(=O)(=O)C1. The summed E-state index contributed by atoms with van der Waals surface area (Å²) in [5.74, 6) is -1.00. The van der Waals surface area contributed by atoms with E-state index in [1.54, 1.807) is 24.3 Å². The fraction of sp³-hybridized carbons (Fsp3) is 0.280. The fourth-order valence-corrected chi connectivity index (χ4v) is 6.20. The molecule has 176 valence electrons. The summed E-state index contributed by atoms with van der Waals surface area (Å²) in [7, 11) is -3.38. The number of carbonyl (C=O) groups is 1. The zero-order valence-corrected chi connectivity index (χ0v) is 19.8. The van der Waals surface area contributed by atoms with Crippen LogP contribution in [0.1, 0.15) is 35.0 Å². The van der Waals surface area contributed by atoms with Gasteiger partial charge in [0.05, 0.1) is 30.5 Å². The molecule has 5 nitrogen and oxygen atoms in total. The predicted molar refractivity (Wildman–Crippen MR) is 127 cm³/mol. The number of hydrogen-bond acceptors (Lipinski definition) is 5. The average Bonchev–Trinajstić information content (AvgIpc) is 3.44. The van der Waals surface area contributed by atoms with Crippen molar-refractivity contribution in [2.24, 2.45) is 0 Å². The van der Waals surface area contributed by atoms with Gasteiger partial charge in [-0.25, -0.2) is 22.2 Å². The van der Waals surface area contributed by atoms with Crippen LogP contribution in [0.15, 0.2) is 59.3 Å². The maximum Gasteiger partial charge on any atom is 0.228 e. The van der Waals surface area contributed by atoms with Gasteiger partial charge < -0.3 is 4.90 Å². The van der Waals surface area contributed by atoms with E-state index in [0.29, 0.717) is 17.0 Å². The van der Waals surface area contributed by atoms with E-state index in [-0.39, 0.29) is 36.0 Å². The standard InChI is InChI=1S/C25H22F2N2O3S2/c26-20-7-5-16(6-8-20)18-3-4-19(22(27)11-18)12-25(30)29(21-9-10-34(31,32)15-21)13-24-28-23(14-33-24)17-1-2-17/h3-11,14,17,21H,1-2,12-13,15H2. The Morgan fingerprint density at radius 3 is 2.47 bits per heavy atom. The summed E-state index contributed by atoms with van der Waals surface area (Å²) < 4.78 is 52.1. The van der Waals surface area contributed by atoms with Gasteiger partial charge in [0.2, 0.25) is 5.91 Å². The summed E-state index contributed by atoms with van der Waals surface area (Å²) in [5, 5.41) is 3.86. The van der Waals surface area contributed by atoms with Gasteiger partial charge in [-0.2, -0.15) is 0 Å². The highest BCUT2D eigenvalue weighted by atomic mass is 32.2. The molecule has 2 aromatic carbocycles. The highest BCUT2D eigenvalue weighted by molar-refractivity contribution is 7.94. The summed E-state index contributed by atoms with van der Waals surface area (Å²) in [4.78, 5) is 19.4. The fourth-order valence-electron chi connectivity index (χ4n) is 4.03. The molecule has 3 aromatic rings. The van der Waals surface area contributed by atoms with Crippen molar-refractivity contribution in [1.29, 1.82) is 0 Å². The summed E-state index contributed by atoms with van der Waals surface area (Å²) in [6.45, 7) is 0.177. The van der Waals surface area contributed by atoms with Gasteiger partial charge in [-0.15, -0.1) is 11.3 Å². The number of rotatable bonds is 7. The van der Waals surface area contributed by atoms with Gasteiger partial charge in [0.15, 0.2) is 9.84 Å². The Hall–Kier alpha value is -2.91. The van der Waals surface area contributed by atoms with Crippen LogP contribution in [0.3, 0.4) is 0 Å². The first kappa shape index (κ1) is 22.9. The molecule has 0 radical (unpaired) electrons. The summed E-state index contributed by atoms with van der Waals surface area (Å²) in [5.41, 5.74) is 2.47. The van der Waals surface area contributed by atoms with Gasteiger partial charge in [0, 0.05) is 16.7 Å². The lowest BCUT2D eigenvalue weighted by molar-refractivity contribution is -0.132. The first-order valence-corrected chi connectivity index (χ1v) is 13.6. The Morgan fingerprint density at radius 1 is 1.09 bits per heavy atom. The third-order valence-corrected chi connectivity index (χ3v) is 8.30. The topological polar surface area (TPSA) is 67.3 Å². The second kappa shape index (κ2) is 9.03. The second-order valence-electron chi connectivity index (χ2n) is 8.68. The molecule has 1 aliphatic heterocycles. The van der Waals surface area contributed by atoms with Gasteiger partial charge in [0.1, 0.15) is 16.6 Å². The van der Waals surface area contributed by atoms with Crippen LogP contribution in [0.5, 0.6) is 0 Å². The van der Waals surface area contributed by atoms with Crippen LogP contribution in [-0.4, -0.2) is 36.0 Å². The van der Waals surface area contributed by atoms with E-state index in [2.05, 4.69) is 4.98 Å². The van der Waals surface area contributed by atoms with Crippen molar-refractivity contribution in [2.75, 3.05) is 5.75 Å². The molecule has 0 saturated heterocycles. The van der Waals surface area contributed by atoms with Crippen molar-refractivity contribution < 1.29 is 22.0 Å². The zero-order chi connectivity index (χ0) is 23.9. The lowest BCUT2D eigenvalue weighted by Crippen LogP contribution is -2.41. The highest BCUT2D eigenvalue weighted by Gasteiger charge is 2.32. The summed E-state index contributed by atoms with van der Waals surface area (Å²) in [6, 6.07) is 9.67. The number of carbonyl (C=O) groups excluding carboxylic acids is 1. The molecule has 2 aliphatic rings. The molecule has 1 fully saturated rings. The molecule has 0 N–H and O–H groups in total. The third-order valence-electron chi connectivity index (χ3n) is 6.07. The van der Waals surface area contributed by atoms with Crippen molar-refractivity contribution in [1.82, 2.24) is 9.88 Å². The molecular formula is C25H22F2N2O3S2. The smallest absolute Gasteiger partial charge is 0.228 e. The lowest BCUT2D eigenvalue weighted by Gasteiger charge is -2.27. The number of nitrogens with zero attached hydrogens (tertiary/aromatic N) is 2. The number of benzene rings is 2. The Bertz CT molecular complexity index is 1360. The van der Waals surface area contributed by atoms with Crippen molar-refractivity contribution in [3.63, 3.8) is 0 Å². The van der Waals surface area contributed by atoms with Crippen molar-refractivity contribution in [2.45, 2.75) is 37.8 Å². The maximum atomic E-state index is 14.9. The van der Waals surface area contributed by atoms with Crippen molar-refractivity contribution >= 4 is 27.1 Å². The van der Waals surface area contributed by atoms with Crippen LogP contribution < -0.4 is 0 Å². The van der Waals surface area contributed by atoms with Crippen LogP contribution in [0.25, 0.3) is 11.1 Å². The summed E-state index contributed by atoms with van der Waals surface area (Å²) in [6.07, 6.45) is 3.53. The van der Waals surface area contributed by atoms with E-state index in [0.717, 1.165) is 29.0 Å². The van der Waals surface area contributed by atoms with Gasteiger partial charge in [-0.05, 0) is 53.8 Å². The molecule has 9 heteroatoms. The third kappa shape index (κ3) is 5.10. The molecule has 2 heterocycles. The molecule has 1 amide bonds. The number of sulfone groups is 1. The molecule has 0 spiro atoms. The van der Waals surface area contributed by atoms with Crippen molar-refractivity contribution in [3.8, 4) is 11.1 Å². The van der Waals surface area contributed by atoms with Crippen LogP contribution in [-0.2, 0) is 27.6 Å². The minimum absolute atomic E-state index is 0.177. The van der Waals surface area contributed by atoms with Gasteiger partial charge in [0.25, 0.3) is 0 Å². The minimum atomic E-state index is -3.38. The number of aromatic nitrogens is 1. The van der Waals surface area contributed by atoms with Crippen molar-refractivity contribution in [3.05, 3.63) is 87.2 Å². The largest absolute Gasteiger partial charge is 0.328 e. The van der Waals surface area contributed by atoms with E-state index in [1.807, 2.05) is 5.38 Å². The zero-order valence-electron chi connectivity index (χ0n) is 18.2. The number of halogens is 2. The van der Waals surface area contributed by atoms with E-state index in [4.69, 9.17) is 0 Å². The van der Waals surface area contributed by atoms with E-state index >= 15 is 0 Å². The number of thiazole rings is 1. The lowest BCUT2D eigenvalue weighted by atomic mass is 10.0. The maximum absolute atomic E-state index is 14.9. The van der Waals surface area contributed by atoms with E-state index < -0.39 is 21.7 Å². The first-order chi connectivity index (χ1) is 16.3. The highest BCUT2D eigenvalue weighted by Crippen LogP contribution is 2.40. The van der Waals surface area contributed by atoms with Crippen LogP contribution in [0, 0.1) is 11.6 Å². The molecule has 1 saturated carbocycles. The van der Waals surface area contributed by atoms with Crippen LogP contribution >= 0.6 is 11.3 Å². The molecular weight excluding hydrogens is 478 g/mol. The van der Waals surface area contributed by atoms with Crippen LogP contribution in [0.4, 0.5) is 8.78 Å². The second-order valence-corrected chi connectivity index (χ2v) is 11.6. The Morgan fingerprint density at radius 2 is 1.82 bits per heavy atom. The summed E-state index contributed by atoms with van der Waals surface area (Å²) >= 11 is 1.45. The molecule has 5 rings (SSSR count). The molecule has 1 aromatic heterocycles. The Labute approximate surface area is 200 Å². The van der Waals surface area contributed by atoms with Gasteiger partial charge in [-0.3, -0.25) is 4.79 Å². The number of amides is 1. The monoisotopic (exact) mass is 500 g/mol. The van der Waals surface area contributed by atoms with E-state index in [9.17, 15) is 22.0 Å². The van der Waals surface area contributed by atoms with Gasteiger partial charge in [-0.1, -0.05) is 24.3 Å². The molecule has 1 atom stereocenters. The Kier molecular flexibility index (Phi) is 6.07. The molecule has 1 unspecified atom stereocenters. The minimum Gasteiger partial charge on any atom is -0.328 e. The molecule has 1 aliphatic carbocycles. The molecule has 0 bridgehead atoms.